The van der Waals surface area contributed by atoms with E-state index in [2.05, 4.69) is 15.5 Å². The van der Waals surface area contributed by atoms with Gasteiger partial charge in [-0.15, -0.1) is 0 Å². The lowest BCUT2D eigenvalue weighted by Crippen LogP contribution is -2.23. The van der Waals surface area contributed by atoms with Crippen molar-refractivity contribution < 1.29 is 14.1 Å². The van der Waals surface area contributed by atoms with Crippen LogP contribution in [0.4, 0.5) is 0 Å². The van der Waals surface area contributed by atoms with Crippen LogP contribution in [0.25, 0.3) is 11.1 Å². The van der Waals surface area contributed by atoms with Gasteiger partial charge in [-0.1, -0.05) is 49.3 Å². The maximum absolute atomic E-state index is 12.5. The highest BCUT2D eigenvalue weighted by molar-refractivity contribution is 5.95. The number of ether oxygens (including phenoxy) is 1. The zero-order chi connectivity index (χ0) is 18.5. The van der Waals surface area contributed by atoms with Crippen molar-refractivity contribution in [2.24, 2.45) is 0 Å². The fourth-order valence-electron chi connectivity index (χ4n) is 2.55. The Bertz CT molecular complexity index is 903. The molecular formula is C20H21N3O3. The molecule has 3 aromatic rings. The third-order valence-electron chi connectivity index (χ3n) is 3.93. The average molecular weight is 351 g/mol. The van der Waals surface area contributed by atoms with Crippen LogP contribution in [0.1, 0.15) is 41.8 Å². The van der Waals surface area contributed by atoms with Gasteiger partial charge >= 0.3 is 0 Å². The molecule has 0 bridgehead atoms. The van der Waals surface area contributed by atoms with Crippen molar-refractivity contribution in [2.45, 2.75) is 26.3 Å². The Morgan fingerprint density at radius 3 is 2.73 bits per heavy atom. The second-order valence-corrected chi connectivity index (χ2v) is 6.17. The third-order valence-corrected chi connectivity index (χ3v) is 3.93. The van der Waals surface area contributed by atoms with Gasteiger partial charge in [0, 0.05) is 17.0 Å². The van der Waals surface area contributed by atoms with Crippen molar-refractivity contribution in [2.75, 3.05) is 7.11 Å². The second kappa shape index (κ2) is 7.82. The van der Waals surface area contributed by atoms with Crippen LogP contribution >= 0.6 is 0 Å². The van der Waals surface area contributed by atoms with E-state index in [9.17, 15) is 4.79 Å². The van der Waals surface area contributed by atoms with Crippen LogP contribution in [-0.4, -0.2) is 23.2 Å². The summed E-state index contributed by atoms with van der Waals surface area (Å²) >= 11 is 0. The number of methoxy groups -OCH3 is 1. The van der Waals surface area contributed by atoms with Crippen LogP contribution in [0.5, 0.6) is 5.75 Å². The predicted octanol–water partition coefficient (Wildman–Crippen LogP) is 3.80. The van der Waals surface area contributed by atoms with Gasteiger partial charge in [-0.3, -0.25) is 4.79 Å². The molecule has 0 unspecified atom stereocenters. The van der Waals surface area contributed by atoms with E-state index >= 15 is 0 Å². The first-order chi connectivity index (χ1) is 12.6. The Morgan fingerprint density at radius 2 is 2.00 bits per heavy atom. The molecule has 3 rings (SSSR count). The molecule has 0 aliphatic heterocycles. The van der Waals surface area contributed by atoms with E-state index in [-0.39, 0.29) is 18.4 Å². The summed E-state index contributed by atoms with van der Waals surface area (Å²) in [6, 6.07) is 15.1. The van der Waals surface area contributed by atoms with Crippen molar-refractivity contribution in [1.82, 2.24) is 15.5 Å². The topological polar surface area (TPSA) is 77.2 Å². The summed E-state index contributed by atoms with van der Waals surface area (Å²) in [5, 5.41) is 6.69. The molecule has 0 saturated heterocycles. The van der Waals surface area contributed by atoms with Gasteiger partial charge in [0.1, 0.15) is 5.75 Å². The Labute approximate surface area is 152 Å². The molecule has 0 aliphatic carbocycles. The molecule has 1 aromatic heterocycles. The van der Waals surface area contributed by atoms with E-state index in [4.69, 9.17) is 9.26 Å². The van der Waals surface area contributed by atoms with Crippen LogP contribution in [0.2, 0.25) is 0 Å². The lowest BCUT2D eigenvalue weighted by molar-refractivity contribution is 0.0949. The molecule has 0 fully saturated rings. The number of nitrogens with zero attached hydrogens (tertiary/aromatic N) is 2. The van der Waals surface area contributed by atoms with Gasteiger partial charge in [-0.05, 0) is 23.8 Å². The summed E-state index contributed by atoms with van der Waals surface area (Å²) in [5.41, 5.74) is 2.40. The quantitative estimate of drug-likeness (QED) is 0.731. The second-order valence-electron chi connectivity index (χ2n) is 6.17. The first kappa shape index (κ1) is 17.7. The number of nitrogens with one attached hydrogen (secondary N) is 1. The van der Waals surface area contributed by atoms with Gasteiger partial charge in [0.05, 0.1) is 13.7 Å². The Hall–Kier alpha value is -3.15. The number of hydrogen-bond acceptors (Lipinski definition) is 5. The minimum Gasteiger partial charge on any atom is -0.496 e. The molecule has 1 N–H and O–H groups in total. The smallest absolute Gasteiger partial charge is 0.251 e. The van der Waals surface area contributed by atoms with Crippen LogP contribution in [0.3, 0.4) is 0 Å². The number of carbonyl (C=O) groups is 1. The minimum atomic E-state index is -0.197. The van der Waals surface area contributed by atoms with Crippen LogP contribution in [-0.2, 0) is 6.54 Å². The Morgan fingerprint density at radius 1 is 1.19 bits per heavy atom. The van der Waals surface area contributed by atoms with E-state index in [0.717, 1.165) is 16.9 Å². The van der Waals surface area contributed by atoms with Gasteiger partial charge in [0.15, 0.2) is 5.82 Å². The van der Waals surface area contributed by atoms with Crippen molar-refractivity contribution in [3.05, 3.63) is 65.8 Å². The maximum atomic E-state index is 12.5. The van der Waals surface area contributed by atoms with Gasteiger partial charge in [-0.25, -0.2) is 0 Å². The molecule has 0 saturated carbocycles. The predicted molar refractivity (Wildman–Crippen MR) is 98.0 cm³/mol. The summed E-state index contributed by atoms with van der Waals surface area (Å²) in [6.45, 7) is 4.16. The lowest BCUT2D eigenvalue weighted by Gasteiger charge is -2.10. The largest absolute Gasteiger partial charge is 0.496 e. The van der Waals surface area contributed by atoms with E-state index in [1.54, 1.807) is 13.2 Å². The fraction of sp³-hybridized carbons (Fsp3) is 0.250. The highest BCUT2D eigenvalue weighted by Gasteiger charge is 2.13. The number of para-hydroxylation sites is 1. The summed E-state index contributed by atoms with van der Waals surface area (Å²) in [5.74, 6) is 1.75. The normalized spacial score (nSPS) is 10.8. The van der Waals surface area contributed by atoms with E-state index in [1.165, 1.54) is 0 Å². The Kier molecular flexibility index (Phi) is 5.31. The molecule has 134 valence electrons. The molecular weight excluding hydrogens is 330 g/mol. The molecule has 26 heavy (non-hydrogen) atoms. The number of hydrogen-bond donors (Lipinski definition) is 1. The summed E-state index contributed by atoms with van der Waals surface area (Å²) in [4.78, 5) is 16.7. The molecule has 1 amide bonds. The molecule has 0 atom stereocenters. The highest BCUT2D eigenvalue weighted by atomic mass is 16.5. The number of benzene rings is 2. The molecule has 0 aliphatic rings. The molecule has 0 radical (unpaired) electrons. The van der Waals surface area contributed by atoms with Crippen LogP contribution in [0, 0.1) is 0 Å². The van der Waals surface area contributed by atoms with Crippen LogP contribution in [0.15, 0.2) is 53.1 Å². The van der Waals surface area contributed by atoms with Crippen molar-refractivity contribution in [1.29, 1.82) is 0 Å². The number of carbonyl (C=O) groups excluding carboxylic acids is 1. The number of aromatic nitrogens is 2. The zero-order valence-corrected chi connectivity index (χ0v) is 15.0. The minimum absolute atomic E-state index is 0.157. The molecule has 2 aromatic carbocycles. The highest BCUT2D eigenvalue weighted by Crippen LogP contribution is 2.29. The fourth-order valence-corrected chi connectivity index (χ4v) is 2.55. The first-order valence-corrected chi connectivity index (χ1v) is 8.42. The van der Waals surface area contributed by atoms with E-state index < -0.39 is 0 Å². The first-order valence-electron chi connectivity index (χ1n) is 8.42. The van der Waals surface area contributed by atoms with Gasteiger partial charge in [0.2, 0.25) is 5.89 Å². The van der Waals surface area contributed by atoms with Gasteiger partial charge in [0.25, 0.3) is 5.91 Å². The van der Waals surface area contributed by atoms with Gasteiger partial charge in [-0.2, -0.15) is 4.98 Å². The summed E-state index contributed by atoms with van der Waals surface area (Å²) in [6.07, 6.45) is 0. The number of amides is 1. The zero-order valence-electron chi connectivity index (χ0n) is 15.0. The SMILES string of the molecule is COc1ccccc1-c1cccc(C(=O)NCc2noc(C(C)C)n2)c1. The summed E-state index contributed by atoms with van der Waals surface area (Å²) < 4.78 is 10.5. The van der Waals surface area contributed by atoms with Crippen molar-refractivity contribution in [3.8, 4) is 16.9 Å². The van der Waals surface area contributed by atoms with E-state index in [1.807, 2.05) is 56.3 Å². The third kappa shape index (κ3) is 3.91. The monoisotopic (exact) mass is 351 g/mol. The maximum Gasteiger partial charge on any atom is 0.251 e. The molecule has 6 nitrogen and oxygen atoms in total. The van der Waals surface area contributed by atoms with Crippen molar-refractivity contribution in [3.63, 3.8) is 0 Å². The number of rotatable bonds is 6. The van der Waals surface area contributed by atoms with E-state index in [0.29, 0.717) is 17.3 Å². The standard InChI is InChI=1S/C20H21N3O3/c1-13(2)20-22-18(23-26-20)12-21-19(24)15-8-6-7-14(11-15)16-9-4-5-10-17(16)25-3/h4-11,13H,12H2,1-3H3,(H,21,24). The van der Waals surface area contributed by atoms with Crippen molar-refractivity contribution >= 4 is 5.91 Å². The molecule has 6 heteroatoms. The van der Waals surface area contributed by atoms with Crippen LogP contribution < -0.4 is 10.1 Å². The Balaban J connectivity index is 1.74. The summed E-state index contributed by atoms with van der Waals surface area (Å²) in [7, 11) is 1.63. The lowest BCUT2D eigenvalue weighted by atomic mass is 10.0. The molecule has 0 spiro atoms. The van der Waals surface area contributed by atoms with Gasteiger partial charge < -0.3 is 14.6 Å². The molecule has 1 heterocycles. The average Bonchev–Trinajstić information content (AvgIpc) is 3.15.